The second kappa shape index (κ2) is 14.6. The Balaban J connectivity index is 1.21. The lowest BCUT2D eigenvalue weighted by molar-refractivity contribution is 1.30. The average Bonchev–Trinajstić information content (AvgIpc) is 3.32. The van der Waals surface area contributed by atoms with Crippen molar-refractivity contribution in [3.63, 3.8) is 0 Å². The number of hydrogen-bond acceptors (Lipinski definition) is 1. The average molecular weight is 750 g/mol. The predicted molar refractivity (Wildman–Crippen MR) is 253 cm³/mol. The first-order valence-corrected chi connectivity index (χ1v) is 20.3. The summed E-state index contributed by atoms with van der Waals surface area (Å²) in [7, 11) is 0. The zero-order valence-electron chi connectivity index (χ0n) is 32.5. The smallest absolute Gasteiger partial charge is 0.0546 e. The Labute approximate surface area is 344 Å². The van der Waals surface area contributed by atoms with Crippen LogP contribution in [-0.2, 0) is 0 Å². The minimum Gasteiger partial charge on any atom is -0.309 e. The number of fused-ring (bicyclic) bond motifs is 6. The topological polar surface area (TPSA) is 3.24 Å². The van der Waals surface area contributed by atoms with Gasteiger partial charge in [-0.3, -0.25) is 0 Å². The SMILES string of the molecule is c1ccc(-c2ccccc2-c2c(-c3ccccc3)cccc2N(c2ccc(-c3cc4ccccc4c4ccccc34)cc2)c2cc3ccccc3c3ccccc23)cc1. The molecule has 1 nitrogen and oxygen atoms in total. The Hall–Kier alpha value is -7.74. The molecule has 11 aromatic carbocycles. The number of rotatable bonds is 7. The summed E-state index contributed by atoms with van der Waals surface area (Å²) in [6.07, 6.45) is 0. The first-order valence-electron chi connectivity index (χ1n) is 20.3. The van der Waals surface area contributed by atoms with Crippen molar-refractivity contribution in [1.82, 2.24) is 0 Å². The Morgan fingerprint density at radius 1 is 0.237 bits per heavy atom. The Kier molecular flexibility index (Phi) is 8.56. The normalized spacial score (nSPS) is 11.4. The monoisotopic (exact) mass is 749 g/mol. The summed E-state index contributed by atoms with van der Waals surface area (Å²) in [5, 5.41) is 9.93. The van der Waals surface area contributed by atoms with Crippen LogP contribution in [0.25, 0.3) is 87.6 Å². The molecule has 276 valence electrons. The van der Waals surface area contributed by atoms with Gasteiger partial charge < -0.3 is 4.90 Å². The van der Waals surface area contributed by atoms with Crippen molar-refractivity contribution >= 4 is 60.2 Å². The quantitative estimate of drug-likeness (QED) is 0.147. The maximum absolute atomic E-state index is 2.50. The van der Waals surface area contributed by atoms with E-state index in [-0.39, 0.29) is 0 Å². The minimum atomic E-state index is 1.09. The van der Waals surface area contributed by atoms with Crippen molar-refractivity contribution in [2.45, 2.75) is 0 Å². The van der Waals surface area contributed by atoms with E-state index in [1.807, 2.05) is 0 Å². The summed E-state index contributed by atoms with van der Waals surface area (Å²) in [4.78, 5) is 2.50. The van der Waals surface area contributed by atoms with Crippen molar-refractivity contribution < 1.29 is 0 Å². The van der Waals surface area contributed by atoms with Crippen molar-refractivity contribution in [1.29, 1.82) is 0 Å². The number of anilines is 3. The van der Waals surface area contributed by atoms with Crippen molar-refractivity contribution in [2.75, 3.05) is 4.90 Å². The fourth-order valence-electron chi connectivity index (χ4n) is 9.15. The van der Waals surface area contributed by atoms with Crippen LogP contribution in [0.1, 0.15) is 0 Å². The van der Waals surface area contributed by atoms with E-state index in [1.165, 1.54) is 87.6 Å². The molecule has 0 aliphatic rings. The van der Waals surface area contributed by atoms with Gasteiger partial charge in [-0.2, -0.15) is 0 Å². The first kappa shape index (κ1) is 34.5. The molecular formula is C58H39N. The molecular weight excluding hydrogens is 711 g/mol. The molecule has 11 rings (SSSR count). The van der Waals surface area contributed by atoms with E-state index in [2.05, 4.69) is 241 Å². The Morgan fingerprint density at radius 2 is 0.695 bits per heavy atom. The van der Waals surface area contributed by atoms with Gasteiger partial charge >= 0.3 is 0 Å². The number of nitrogens with zero attached hydrogens (tertiary/aromatic N) is 1. The van der Waals surface area contributed by atoms with Crippen LogP contribution in [-0.4, -0.2) is 0 Å². The fraction of sp³-hybridized carbons (Fsp3) is 0. The molecule has 0 amide bonds. The van der Waals surface area contributed by atoms with Crippen LogP contribution in [0.5, 0.6) is 0 Å². The molecule has 0 aliphatic heterocycles. The van der Waals surface area contributed by atoms with Gasteiger partial charge in [0.1, 0.15) is 0 Å². The summed E-state index contributed by atoms with van der Waals surface area (Å²) in [6.45, 7) is 0. The maximum atomic E-state index is 2.50. The highest BCUT2D eigenvalue weighted by Gasteiger charge is 2.24. The van der Waals surface area contributed by atoms with Gasteiger partial charge in [-0.05, 0) is 107 Å². The van der Waals surface area contributed by atoms with Gasteiger partial charge in [0.2, 0.25) is 0 Å². The zero-order valence-corrected chi connectivity index (χ0v) is 32.5. The molecule has 59 heavy (non-hydrogen) atoms. The molecule has 0 fully saturated rings. The zero-order chi connectivity index (χ0) is 39.1. The number of hydrogen-bond donors (Lipinski definition) is 0. The van der Waals surface area contributed by atoms with Crippen LogP contribution in [0.15, 0.2) is 237 Å². The maximum Gasteiger partial charge on any atom is 0.0546 e. The van der Waals surface area contributed by atoms with E-state index in [0.29, 0.717) is 0 Å². The van der Waals surface area contributed by atoms with Crippen molar-refractivity contribution in [2.24, 2.45) is 0 Å². The van der Waals surface area contributed by atoms with Gasteiger partial charge in [-0.25, -0.2) is 0 Å². The third-order valence-corrected chi connectivity index (χ3v) is 11.8. The largest absolute Gasteiger partial charge is 0.309 e. The van der Waals surface area contributed by atoms with Crippen LogP contribution in [0.4, 0.5) is 17.1 Å². The highest BCUT2D eigenvalue weighted by Crippen LogP contribution is 2.50. The summed E-state index contributed by atoms with van der Waals surface area (Å²) in [5.74, 6) is 0. The lowest BCUT2D eigenvalue weighted by Crippen LogP contribution is -2.12. The molecule has 0 bridgehead atoms. The second-order valence-electron chi connectivity index (χ2n) is 15.2. The summed E-state index contributed by atoms with van der Waals surface area (Å²) >= 11 is 0. The molecule has 0 aromatic heterocycles. The highest BCUT2D eigenvalue weighted by molar-refractivity contribution is 6.16. The van der Waals surface area contributed by atoms with E-state index in [0.717, 1.165) is 17.1 Å². The highest BCUT2D eigenvalue weighted by atomic mass is 15.1. The van der Waals surface area contributed by atoms with Crippen molar-refractivity contribution in [3.8, 4) is 44.5 Å². The molecule has 0 atom stereocenters. The molecule has 0 spiro atoms. The summed E-state index contributed by atoms with van der Waals surface area (Å²) in [5.41, 5.74) is 12.8. The van der Waals surface area contributed by atoms with E-state index >= 15 is 0 Å². The third-order valence-electron chi connectivity index (χ3n) is 11.8. The third kappa shape index (κ3) is 6.04. The van der Waals surface area contributed by atoms with Gasteiger partial charge in [-0.15, -0.1) is 0 Å². The van der Waals surface area contributed by atoms with Gasteiger partial charge in [0.05, 0.1) is 11.4 Å². The Bertz CT molecular complexity index is 3310. The molecule has 0 saturated heterocycles. The molecule has 0 aliphatic carbocycles. The van der Waals surface area contributed by atoms with Crippen molar-refractivity contribution in [3.05, 3.63) is 237 Å². The minimum absolute atomic E-state index is 1.09. The van der Waals surface area contributed by atoms with Gasteiger partial charge in [-0.1, -0.05) is 206 Å². The van der Waals surface area contributed by atoms with Gasteiger partial charge in [0.15, 0.2) is 0 Å². The van der Waals surface area contributed by atoms with Gasteiger partial charge in [0, 0.05) is 16.6 Å². The van der Waals surface area contributed by atoms with Crippen LogP contribution in [0.2, 0.25) is 0 Å². The first-order chi connectivity index (χ1) is 29.3. The molecule has 0 heterocycles. The second-order valence-corrected chi connectivity index (χ2v) is 15.2. The predicted octanol–water partition coefficient (Wildman–Crippen LogP) is 16.4. The van der Waals surface area contributed by atoms with E-state index in [1.54, 1.807) is 0 Å². The van der Waals surface area contributed by atoms with Gasteiger partial charge in [0.25, 0.3) is 0 Å². The summed E-state index contributed by atoms with van der Waals surface area (Å²) in [6, 6.07) is 86.4. The summed E-state index contributed by atoms with van der Waals surface area (Å²) < 4.78 is 0. The number of benzene rings is 11. The lowest BCUT2D eigenvalue weighted by atomic mass is 9.87. The van der Waals surface area contributed by atoms with Crippen LogP contribution in [0.3, 0.4) is 0 Å². The van der Waals surface area contributed by atoms with Crippen LogP contribution >= 0.6 is 0 Å². The lowest BCUT2D eigenvalue weighted by Gasteiger charge is -2.31. The Morgan fingerprint density at radius 3 is 1.36 bits per heavy atom. The van der Waals surface area contributed by atoms with E-state index in [9.17, 15) is 0 Å². The van der Waals surface area contributed by atoms with Crippen LogP contribution < -0.4 is 4.90 Å². The molecule has 11 aromatic rings. The van der Waals surface area contributed by atoms with E-state index < -0.39 is 0 Å². The fourth-order valence-corrected chi connectivity index (χ4v) is 9.15. The molecule has 0 N–H and O–H groups in total. The van der Waals surface area contributed by atoms with E-state index in [4.69, 9.17) is 0 Å². The standard InChI is InChI=1S/C58H39N/c1-3-18-40(19-4-1)46-24-11-16-31-54(46)58-49(41-20-5-2-6-21-41)32-17-33-56(58)59(57-39-44-23-8-10-26-48(44)51-28-14-15-30-53(51)57)45-36-34-42(35-37-45)55-38-43-22-7-9-25-47(43)50-27-12-13-29-52(50)55/h1-39H. The molecule has 0 saturated carbocycles. The van der Waals surface area contributed by atoms with Crippen LogP contribution in [0, 0.1) is 0 Å². The molecule has 0 radical (unpaired) electrons. The molecule has 1 heteroatoms. The molecule has 0 unspecified atom stereocenters.